The first-order valence-corrected chi connectivity index (χ1v) is 8.50. The molecule has 1 saturated heterocycles. The van der Waals surface area contributed by atoms with Gasteiger partial charge in [-0.1, -0.05) is 0 Å². The first-order valence-electron chi connectivity index (χ1n) is 7.71. The van der Waals surface area contributed by atoms with E-state index in [1.807, 2.05) is 13.0 Å². The van der Waals surface area contributed by atoms with E-state index in [9.17, 15) is 5.26 Å². The van der Waals surface area contributed by atoms with Gasteiger partial charge in [-0.3, -0.25) is 0 Å². The Labute approximate surface area is 139 Å². The lowest BCUT2D eigenvalue weighted by molar-refractivity contribution is 0.0844. The second-order valence-corrected chi connectivity index (χ2v) is 6.62. The van der Waals surface area contributed by atoms with Crippen molar-refractivity contribution in [1.29, 1.82) is 5.26 Å². The lowest BCUT2D eigenvalue weighted by atomic mass is 10.0. The van der Waals surface area contributed by atoms with Crippen LogP contribution in [0.15, 0.2) is 22.8 Å². The molecule has 22 heavy (non-hydrogen) atoms. The molecule has 0 spiro atoms. The fourth-order valence-electron chi connectivity index (χ4n) is 3.35. The molecule has 0 unspecified atom stereocenters. The van der Waals surface area contributed by atoms with Crippen molar-refractivity contribution < 1.29 is 4.74 Å². The predicted molar refractivity (Wildman–Crippen MR) is 91.4 cm³/mol. The van der Waals surface area contributed by atoms with Crippen LogP contribution in [0.5, 0.6) is 0 Å². The second-order valence-electron chi connectivity index (χ2n) is 5.70. The molecule has 0 bridgehead atoms. The molecule has 2 aromatic heterocycles. The normalized spacial score (nSPS) is 15.9. The SMILES string of the molecule is CCN(c1c(C)c(C#N)cc2cc(Br)cn12)C1CCOCC1. The van der Waals surface area contributed by atoms with Crippen LogP contribution in [0.4, 0.5) is 5.82 Å². The first-order chi connectivity index (χ1) is 10.7. The molecule has 1 aliphatic rings. The van der Waals surface area contributed by atoms with Crippen molar-refractivity contribution in [3.63, 3.8) is 0 Å². The van der Waals surface area contributed by atoms with Gasteiger partial charge in [0.1, 0.15) is 5.82 Å². The van der Waals surface area contributed by atoms with Crippen LogP contribution < -0.4 is 4.90 Å². The highest BCUT2D eigenvalue weighted by Gasteiger charge is 2.25. The van der Waals surface area contributed by atoms with Crippen LogP contribution in [0.3, 0.4) is 0 Å². The number of hydrogen-bond donors (Lipinski definition) is 0. The Morgan fingerprint density at radius 1 is 1.41 bits per heavy atom. The Hall–Kier alpha value is -1.51. The molecule has 3 rings (SSSR count). The first kappa shape index (κ1) is 15.4. The molecule has 2 aromatic rings. The third-order valence-corrected chi connectivity index (χ3v) is 4.87. The number of halogens is 1. The maximum absolute atomic E-state index is 9.46. The van der Waals surface area contributed by atoms with E-state index < -0.39 is 0 Å². The number of ether oxygens (including phenoxy) is 1. The molecule has 5 heteroatoms. The summed E-state index contributed by atoms with van der Waals surface area (Å²) in [6.07, 6.45) is 4.16. The number of anilines is 1. The zero-order valence-electron chi connectivity index (χ0n) is 13.0. The number of hydrogen-bond acceptors (Lipinski definition) is 3. The van der Waals surface area contributed by atoms with Gasteiger partial charge in [0.15, 0.2) is 0 Å². The van der Waals surface area contributed by atoms with Gasteiger partial charge in [0, 0.05) is 47.6 Å². The monoisotopic (exact) mass is 361 g/mol. The van der Waals surface area contributed by atoms with Crippen LogP contribution in [0.25, 0.3) is 5.52 Å². The van der Waals surface area contributed by atoms with E-state index in [2.05, 4.69) is 50.5 Å². The number of pyridine rings is 1. The summed E-state index contributed by atoms with van der Waals surface area (Å²) >= 11 is 3.55. The highest BCUT2D eigenvalue weighted by Crippen LogP contribution is 2.31. The Morgan fingerprint density at radius 2 is 2.14 bits per heavy atom. The van der Waals surface area contributed by atoms with Gasteiger partial charge in [-0.05, 0) is 54.8 Å². The molecule has 0 saturated carbocycles. The smallest absolute Gasteiger partial charge is 0.117 e. The molecule has 1 fully saturated rings. The van der Waals surface area contributed by atoms with Crippen LogP contribution in [0.1, 0.15) is 30.9 Å². The molecule has 3 heterocycles. The van der Waals surface area contributed by atoms with Crippen molar-refractivity contribution in [2.75, 3.05) is 24.7 Å². The zero-order chi connectivity index (χ0) is 15.7. The fourth-order valence-corrected chi connectivity index (χ4v) is 3.78. The van der Waals surface area contributed by atoms with Crippen LogP contribution in [-0.2, 0) is 4.74 Å². The van der Waals surface area contributed by atoms with E-state index in [4.69, 9.17) is 4.74 Å². The lowest BCUT2D eigenvalue weighted by Gasteiger charge is -2.36. The van der Waals surface area contributed by atoms with Gasteiger partial charge >= 0.3 is 0 Å². The molecule has 0 aliphatic carbocycles. The number of nitrogens with zero attached hydrogens (tertiary/aromatic N) is 3. The van der Waals surface area contributed by atoms with Crippen molar-refractivity contribution in [3.05, 3.63) is 33.9 Å². The van der Waals surface area contributed by atoms with Gasteiger partial charge in [-0.2, -0.15) is 5.26 Å². The van der Waals surface area contributed by atoms with E-state index in [1.165, 1.54) is 0 Å². The van der Waals surface area contributed by atoms with Gasteiger partial charge < -0.3 is 14.0 Å². The summed E-state index contributed by atoms with van der Waals surface area (Å²) in [6.45, 7) is 6.78. The Balaban J connectivity index is 2.18. The zero-order valence-corrected chi connectivity index (χ0v) is 14.6. The van der Waals surface area contributed by atoms with Gasteiger partial charge in [-0.15, -0.1) is 0 Å². The third kappa shape index (κ3) is 2.62. The number of nitriles is 1. The van der Waals surface area contributed by atoms with Gasteiger partial charge in [0.2, 0.25) is 0 Å². The van der Waals surface area contributed by atoms with Crippen molar-refractivity contribution in [1.82, 2.24) is 4.40 Å². The largest absolute Gasteiger partial charge is 0.381 e. The summed E-state index contributed by atoms with van der Waals surface area (Å²) in [5.41, 5.74) is 2.85. The summed E-state index contributed by atoms with van der Waals surface area (Å²) < 4.78 is 8.73. The van der Waals surface area contributed by atoms with E-state index in [-0.39, 0.29) is 0 Å². The standard InChI is InChI=1S/C17H20BrN3O/c1-3-20(15-4-6-22-7-5-15)17-12(2)13(10-19)8-16-9-14(18)11-21(16)17/h8-9,11,15H,3-7H2,1-2H3. The highest BCUT2D eigenvalue weighted by molar-refractivity contribution is 9.10. The van der Waals surface area contributed by atoms with Gasteiger partial charge in [0.05, 0.1) is 11.6 Å². The Bertz CT molecular complexity index is 726. The number of rotatable bonds is 3. The quantitative estimate of drug-likeness (QED) is 0.832. The van der Waals surface area contributed by atoms with Crippen molar-refractivity contribution in [2.24, 2.45) is 0 Å². The van der Waals surface area contributed by atoms with Crippen LogP contribution in [0.2, 0.25) is 0 Å². The van der Waals surface area contributed by atoms with Crippen molar-refractivity contribution in [3.8, 4) is 6.07 Å². The van der Waals surface area contributed by atoms with Crippen LogP contribution in [0, 0.1) is 18.3 Å². The number of aromatic nitrogens is 1. The lowest BCUT2D eigenvalue weighted by Crippen LogP contribution is -2.40. The summed E-state index contributed by atoms with van der Waals surface area (Å²) in [5, 5.41) is 9.46. The molecule has 0 amide bonds. The summed E-state index contributed by atoms with van der Waals surface area (Å²) in [5.74, 6) is 1.13. The minimum atomic E-state index is 0.468. The Morgan fingerprint density at radius 3 is 2.77 bits per heavy atom. The van der Waals surface area contributed by atoms with Gasteiger partial charge in [-0.25, -0.2) is 0 Å². The molecule has 4 nitrogen and oxygen atoms in total. The van der Waals surface area contributed by atoms with E-state index >= 15 is 0 Å². The minimum Gasteiger partial charge on any atom is -0.381 e. The van der Waals surface area contributed by atoms with Crippen LogP contribution >= 0.6 is 15.9 Å². The molecule has 0 aromatic carbocycles. The average Bonchev–Trinajstić information content (AvgIpc) is 2.90. The summed E-state index contributed by atoms with van der Waals surface area (Å²) in [7, 11) is 0. The highest BCUT2D eigenvalue weighted by atomic mass is 79.9. The molecule has 116 valence electrons. The predicted octanol–water partition coefficient (Wildman–Crippen LogP) is 3.89. The average molecular weight is 362 g/mol. The fraction of sp³-hybridized carbons (Fsp3) is 0.471. The third-order valence-electron chi connectivity index (χ3n) is 4.44. The summed E-state index contributed by atoms with van der Waals surface area (Å²) in [4.78, 5) is 2.43. The molecular formula is C17H20BrN3O. The van der Waals surface area contributed by atoms with E-state index in [0.29, 0.717) is 6.04 Å². The van der Waals surface area contributed by atoms with Crippen LogP contribution in [-0.4, -0.2) is 30.2 Å². The summed E-state index contributed by atoms with van der Waals surface area (Å²) in [6, 6.07) is 6.82. The van der Waals surface area contributed by atoms with E-state index in [1.54, 1.807) is 0 Å². The van der Waals surface area contributed by atoms with E-state index in [0.717, 1.165) is 59.5 Å². The van der Waals surface area contributed by atoms with Gasteiger partial charge in [0.25, 0.3) is 0 Å². The maximum atomic E-state index is 9.46. The minimum absolute atomic E-state index is 0.468. The second kappa shape index (κ2) is 6.31. The molecule has 0 atom stereocenters. The molecule has 0 N–H and O–H groups in total. The Kier molecular flexibility index (Phi) is 4.42. The topological polar surface area (TPSA) is 40.7 Å². The number of fused-ring (bicyclic) bond motifs is 1. The molecular weight excluding hydrogens is 342 g/mol. The maximum Gasteiger partial charge on any atom is 0.117 e. The molecule has 0 radical (unpaired) electrons. The van der Waals surface area contributed by atoms with Crippen molar-refractivity contribution in [2.45, 2.75) is 32.7 Å². The molecule has 1 aliphatic heterocycles. The van der Waals surface area contributed by atoms with Crippen molar-refractivity contribution >= 4 is 27.3 Å².